The summed E-state index contributed by atoms with van der Waals surface area (Å²) in [5.41, 5.74) is -0.616. The van der Waals surface area contributed by atoms with Gasteiger partial charge in [-0.2, -0.15) is 13.2 Å². The summed E-state index contributed by atoms with van der Waals surface area (Å²) in [5.74, 6) is -0.585. The minimum absolute atomic E-state index is 0.135. The third kappa shape index (κ3) is 6.24. The molecule has 0 bridgehead atoms. The quantitative estimate of drug-likeness (QED) is 0.360. The van der Waals surface area contributed by atoms with Gasteiger partial charge < -0.3 is 10.1 Å². The number of para-hydroxylation sites is 2. The van der Waals surface area contributed by atoms with E-state index in [-0.39, 0.29) is 16.1 Å². The van der Waals surface area contributed by atoms with Crippen molar-refractivity contribution in [2.75, 3.05) is 11.9 Å². The van der Waals surface area contributed by atoms with Crippen LogP contribution in [0.2, 0.25) is 0 Å². The highest BCUT2D eigenvalue weighted by molar-refractivity contribution is 8.26. The van der Waals surface area contributed by atoms with Crippen LogP contribution in [-0.4, -0.2) is 33.7 Å². The predicted molar refractivity (Wildman–Crippen MR) is 134 cm³/mol. The number of ether oxygens (including phenoxy) is 1. The van der Waals surface area contributed by atoms with Gasteiger partial charge in [-0.3, -0.25) is 14.5 Å². The Morgan fingerprint density at radius 3 is 2.54 bits per heavy atom. The van der Waals surface area contributed by atoms with Crippen LogP contribution < -0.4 is 10.1 Å². The molecule has 1 aliphatic carbocycles. The highest BCUT2D eigenvalue weighted by Gasteiger charge is 2.36. The first-order chi connectivity index (χ1) is 16.7. The molecule has 0 unspecified atom stereocenters. The van der Waals surface area contributed by atoms with Crippen molar-refractivity contribution in [3.05, 3.63) is 64.6 Å². The number of alkyl halides is 3. The number of thiocarbonyl (C=S) groups is 1. The lowest BCUT2D eigenvalue weighted by Crippen LogP contribution is -2.36. The lowest BCUT2D eigenvalue weighted by atomic mass is 9.97. The van der Waals surface area contributed by atoms with Crippen LogP contribution in [0.15, 0.2) is 53.4 Å². The Kier molecular flexibility index (Phi) is 7.81. The van der Waals surface area contributed by atoms with E-state index in [0.717, 1.165) is 60.0 Å². The molecule has 5 nitrogen and oxygen atoms in total. The predicted octanol–water partition coefficient (Wildman–Crippen LogP) is 6.26. The van der Waals surface area contributed by atoms with E-state index in [1.54, 1.807) is 6.08 Å². The van der Waals surface area contributed by atoms with Crippen LogP contribution in [0.5, 0.6) is 5.75 Å². The number of hydrogen-bond acceptors (Lipinski definition) is 5. The lowest BCUT2D eigenvalue weighted by Gasteiger charge is -2.23. The molecule has 2 aliphatic rings. The zero-order valence-corrected chi connectivity index (χ0v) is 20.3. The number of carbonyl (C=O) groups excluding carboxylic acids is 2. The van der Waals surface area contributed by atoms with Gasteiger partial charge in [-0.05, 0) is 50.0 Å². The molecule has 0 spiro atoms. The number of benzene rings is 2. The van der Waals surface area contributed by atoms with Crippen molar-refractivity contribution in [2.45, 2.75) is 44.4 Å². The molecule has 2 fully saturated rings. The molecule has 35 heavy (non-hydrogen) atoms. The first-order valence-corrected chi connectivity index (χ1v) is 12.4. The van der Waals surface area contributed by atoms with Gasteiger partial charge in [-0.1, -0.05) is 60.7 Å². The van der Waals surface area contributed by atoms with Crippen molar-refractivity contribution in [1.82, 2.24) is 4.90 Å². The summed E-state index contributed by atoms with van der Waals surface area (Å²) in [5, 5.41) is 2.24. The van der Waals surface area contributed by atoms with E-state index in [1.165, 1.54) is 18.6 Å². The van der Waals surface area contributed by atoms with Gasteiger partial charge in [0.2, 0.25) is 5.91 Å². The van der Waals surface area contributed by atoms with E-state index in [0.29, 0.717) is 10.7 Å². The smallest absolute Gasteiger partial charge is 0.418 e. The summed E-state index contributed by atoms with van der Waals surface area (Å²) in [4.78, 5) is 26.9. The number of hydrogen-bond donors (Lipinski definition) is 1. The highest BCUT2D eigenvalue weighted by Crippen LogP contribution is 2.36. The molecule has 1 N–H and O–H groups in total. The molecule has 0 radical (unpaired) electrons. The van der Waals surface area contributed by atoms with Crippen LogP contribution in [0.25, 0.3) is 6.08 Å². The van der Waals surface area contributed by atoms with E-state index in [9.17, 15) is 22.8 Å². The molecule has 1 saturated heterocycles. The fourth-order valence-corrected chi connectivity index (χ4v) is 5.27. The number of carbonyl (C=O) groups is 2. The Balaban J connectivity index is 1.46. The minimum atomic E-state index is -4.62. The zero-order chi connectivity index (χ0) is 25.0. The van der Waals surface area contributed by atoms with E-state index >= 15 is 0 Å². The maximum atomic E-state index is 13.2. The fraction of sp³-hybridized carbons (Fsp3) is 0.320. The average molecular weight is 521 g/mol. The van der Waals surface area contributed by atoms with Gasteiger partial charge in [-0.15, -0.1) is 0 Å². The first-order valence-electron chi connectivity index (χ1n) is 11.2. The standard InChI is InChI=1S/C25H23F3N2O3S2/c26-25(27,28)18-11-5-6-12-19(18)29-22(31)15-30-23(32)21(35-24(30)34)14-16-8-4-7-13-20(16)33-17-9-2-1-3-10-17/h4-8,11-14,17H,1-3,9-10,15H2,(H,29,31)/b21-14-. The molecule has 2 amide bonds. The van der Waals surface area contributed by atoms with Gasteiger partial charge in [0.1, 0.15) is 16.6 Å². The molecule has 10 heteroatoms. The molecular formula is C25H23F3N2O3S2. The van der Waals surface area contributed by atoms with Gasteiger partial charge in [0, 0.05) is 5.56 Å². The number of amides is 2. The van der Waals surface area contributed by atoms with Gasteiger partial charge in [-0.25, -0.2) is 0 Å². The van der Waals surface area contributed by atoms with Crippen LogP contribution in [0, 0.1) is 0 Å². The Hall–Kier alpha value is -2.85. The number of nitrogens with zero attached hydrogens (tertiary/aromatic N) is 1. The van der Waals surface area contributed by atoms with Crippen molar-refractivity contribution >= 4 is 51.9 Å². The summed E-state index contributed by atoms with van der Waals surface area (Å²) in [6, 6.07) is 12.1. The van der Waals surface area contributed by atoms with Gasteiger partial charge >= 0.3 is 6.18 Å². The van der Waals surface area contributed by atoms with E-state index in [4.69, 9.17) is 17.0 Å². The van der Waals surface area contributed by atoms with Gasteiger partial charge in [0.05, 0.1) is 22.3 Å². The van der Waals surface area contributed by atoms with Crippen LogP contribution in [0.4, 0.5) is 18.9 Å². The number of rotatable bonds is 6. The maximum absolute atomic E-state index is 13.2. The maximum Gasteiger partial charge on any atom is 0.418 e. The van der Waals surface area contributed by atoms with E-state index in [1.807, 2.05) is 24.3 Å². The summed E-state index contributed by atoms with van der Waals surface area (Å²) in [6.45, 7) is -0.492. The largest absolute Gasteiger partial charge is 0.490 e. The number of nitrogens with one attached hydrogen (secondary N) is 1. The summed E-state index contributed by atoms with van der Waals surface area (Å²) in [6.07, 6.45) is 2.62. The molecule has 0 atom stereocenters. The molecule has 2 aromatic carbocycles. The fourth-order valence-electron chi connectivity index (χ4n) is 4.02. The molecule has 1 aliphatic heterocycles. The van der Waals surface area contributed by atoms with Crippen LogP contribution in [-0.2, 0) is 15.8 Å². The zero-order valence-electron chi connectivity index (χ0n) is 18.6. The third-order valence-electron chi connectivity index (χ3n) is 5.73. The summed E-state index contributed by atoms with van der Waals surface area (Å²) >= 11 is 6.32. The topological polar surface area (TPSA) is 58.6 Å². The number of thioether (sulfide) groups is 1. The molecule has 1 saturated carbocycles. The SMILES string of the molecule is O=C(CN1C(=O)/C(=C/c2ccccc2OC2CCCCC2)SC1=S)Nc1ccccc1C(F)(F)F. The average Bonchev–Trinajstić information content (AvgIpc) is 3.08. The Bertz CT molecular complexity index is 1160. The lowest BCUT2D eigenvalue weighted by molar-refractivity contribution is -0.137. The van der Waals surface area contributed by atoms with Crippen molar-refractivity contribution in [2.24, 2.45) is 0 Å². The molecular weight excluding hydrogens is 497 g/mol. The van der Waals surface area contributed by atoms with Gasteiger partial charge in [0.15, 0.2) is 0 Å². The van der Waals surface area contributed by atoms with Crippen molar-refractivity contribution in [3.8, 4) is 5.75 Å². The van der Waals surface area contributed by atoms with Crippen molar-refractivity contribution < 1.29 is 27.5 Å². The summed E-state index contributed by atoms with van der Waals surface area (Å²) < 4.78 is 46.0. The highest BCUT2D eigenvalue weighted by atomic mass is 32.2. The second-order valence-electron chi connectivity index (χ2n) is 8.28. The normalized spacial score (nSPS) is 18.3. The Morgan fingerprint density at radius 2 is 1.80 bits per heavy atom. The first kappa shape index (κ1) is 25.2. The second-order valence-corrected chi connectivity index (χ2v) is 9.95. The number of halogens is 3. The van der Waals surface area contributed by atoms with Crippen LogP contribution in [0.3, 0.4) is 0 Å². The van der Waals surface area contributed by atoms with Crippen molar-refractivity contribution in [1.29, 1.82) is 0 Å². The van der Waals surface area contributed by atoms with E-state index < -0.39 is 30.1 Å². The molecule has 4 rings (SSSR count). The van der Waals surface area contributed by atoms with Crippen LogP contribution >= 0.6 is 24.0 Å². The van der Waals surface area contributed by atoms with E-state index in [2.05, 4.69) is 5.32 Å². The minimum Gasteiger partial charge on any atom is -0.490 e. The molecule has 1 heterocycles. The Morgan fingerprint density at radius 1 is 1.11 bits per heavy atom. The monoisotopic (exact) mass is 520 g/mol. The molecule has 0 aromatic heterocycles. The second kappa shape index (κ2) is 10.8. The Labute approximate surface area is 210 Å². The third-order valence-corrected chi connectivity index (χ3v) is 7.11. The molecule has 184 valence electrons. The van der Waals surface area contributed by atoms with Gasteiger partial charge in [0.25, 0.3) is 5.91 Å². The van der Waals surface area contributed by atoms with Crippen molar-refractivity contribution in [3.63, 3.8) is 0 Å². The summed E-state index contributed by atoms with van der Waals surface area (Å²) in [7, 11) is 0. The number of anilines is 1. The molecule has 2 aromatic rings. The van der Waals surface area contributed by atoms with Crippen LogP contribution in [0.1, 0.15) is 43.2 Å².